The van der Waals surface area contributed by atoms with E-state index in [2.05, 4.69) is 48.0 Å². The largest absolute Gasteiger partial charge is 0.378 e. The Hall–Kier alpha value is -1.53. The molecule has 2 rings (SSSR count). The van der Waals surface area contributed by atoms with Gasteiger partial charge in [-0.05, 0) is 6.42 Å². The first-order valence-corrected chi connectivity index (χ1v) is 8.29. The number of hydrogen-bond acceptors (Lipinski definition) is 6. The van der Waals surface area contributed by atoms with Crippen LogP contribution >= 0.6 is 11.3 Å². The Morgan fingerprint density at radius 3 is 2.64 bits per heavy atom. The Bertz CT molecular complexity index is 619. The van der Waals surface area contributed by atoms with Crippen molar-refractivity contribution in [3.05, 3.63) is 33.7 Å². The van der Waals surface area contributed by atoms with Crippen LogP contribution in [0.5, 0.6) is 0 Å². The van der Waals surface area contributed by atoms with E-state index in [0.717, 1.165) is 28.8 Å². The van der Waals surface area contributed by atoms with Crippen LogP contribution in [0.4, 0.5) is 5.82 Å². The number of nitrogens with one attached hydrogen (secondary N) is 1. The van der Waals surface area contributed by atoms with Gasteiger partial charge in [0.25, 0.3) is 0 Å². The normalized spacial score (nSPS) is 11.7. The van der Waals surface area contributed by atoms with Gasteiger partial charge in [0.15, 0.2) is 0 Å². The first kappa shape index (κ1) is 16.8. The van der Waals surface area contributed by atoms with Crippen LogP contribution in [0.2, 0.25) is 0 Å². The van der Waals surface area contributed by atoms with E-state index < -0.39 is 0 Å². The molecule has 0 saturated heterocycles. The molecule has 0 radical (unpaired) electrons. The van der Waals surface area contributed by atoms with Crippen LogP contribution in [0.25, 0.3) is 0 Å². The summed E-state index contributed by atoms with van der Waals surface area (Å²) < 4.78 is 5.20. The predicted molar refractivity (Wildman–Crippen MR) is 90.3 cm³/mol. The summed E-state index contributed by atoms with van der Waals surface area (Å²) in [7, 11) is 1.67. The van der Waals surface area contributed by atoms with Crippen LogP contribution in [0.1, 0.15) is 49.1 Å². The van der Waals surface area contributed by atoms with Crippen molar-refractivity contribution in [3.8, 4) is 0 Å². The molecule has 0 aliphatic heterocycles. The van der Waals surface area contributed by atoms with Gasteiger partial charge in [-0.3, -0.25) is 0 Å². The summed E-state index contributed by atoms with van der Waals surface area (Å²) in [5.41, 5.74) is 0.787. The Labute approximate surface area is 136 Å². The van der Waals surface area contributed by atoms with Crippen LogP contribution in [0.3, 0.4) is 0 Å². The number of aryl methyl sites for hydroxylation is 1. The number of hydrogen-bond donors (Lipinski definition) is 1. The number of aromatic nitrogens is 3. The number of ether oxygens (including phenoxy) is 1. The highest BCUT2D eigenvalue weighted by molar-refractivity contribution is 7.11. The highest BCUT2D eigenvalue weighted by atomic mass is 32.1. The SMILES string of the molecule is CCc1cnc(CNc2cc(COC)nc(C(C)(C)C)n2)s1. The maximum atomic E-state index is 5.20. The molecular formula is C16H24N4OS. The van der Waals surface area contributed by atoms with Gasteiger partial charge in [0.05, 0.1) is 18.8 Å². The summed E-state index contributed by atoms with van der Waals surface area (Å²) in [6.45, 7) is 9.63. The lowest BCUT2D eigenvalue weighted by Crippen LogP contribution is -2.18. The van der Waals surface area contributed by atoms with Gasteiger partial charge < -0.3 is 10.1 Å². The highest BCUT2D eigenvalue weighted by Crippen LogP contribution is 2.21. The van der Waals surface area contributed by atoms with Crippen LogP contribution in [-0.2, 0) is 29.7 Å². The van der Waals surface area contributed by atoms with E-state index in [1.54, 1.807) is 18.4 Å². The Balaban J connectivity index is 2.16. The van der Waals surface area contributed by atoms with Crippen molar-refractivity contribution < 1.29 is 4.74 Å². The molecule has 2 heterocycles. The van der Waals surface area contributed by atoms with E-state index in [9.17, 15) is 0 Å². The lowest BCUT2D eigenvalue weighted by atomic mass is 9.95. The molecule has 0 aliphatic rings. The third-order valence-corrected chi connectivity index (χ3v) is 4.25. The minimum Gasteiger partial charge on any atom is -0.378 e. The van der Waals surface area contributed by atoms with Crippen molar-refractivity contribution in [2.45, 2.75) is 52.7 Å². The van der Waals surface area contributed by atoms with Gasteiger partial charge in [-0.1, -0.05) is 27.7 Å². The fourth-order valence-corrected chi connectivity index (χ4v) is 2.71. The molecule has 0 aromatic carbocycles. The summed E-state index contributed by atoms with van der Waals surface area (Å²) in [4.78, 5) is 14.9. The molecule has 0 aliphatic carbocycles. The maximum absolute atomic E-state index is 5.20. The first-order chi connectivity index (χ1) is 10.4. The molecule has 1 N–H and O–H groups in total. The zero-order valence-corrected chi connectivity index (χ0v) is 14.8. The molecule has 120 valence electrons. The third-order valence-electron chi connectivity index (χ3n) is 3.11. The van der Waals surface area contributed by atoms with Gasteiger partial charge in [0, 0.05) is 29.7 Å². The molecule has 0 amide bonds. The lowest BCUT2D eigenvalue weighted by Gasteiger charge is -2.18. The fraction of sp³-hybridized carbons (Fsp3) is 0.562. The van der Waals surface area contributed by atoms with Crippen molar-refractivity contribution in [2.75, 3.05) is 12.4 Å². The van der Waals surface area contributed by atoms with E-state index >= 15 is 0 Å². The van der Waals surface area contributed by atoms with E-state index in [1.165, 1.54) is 4.88 Å². The molecule has 2 aromatic rings. The summed E-state index contributed by atoms with van der Waals surface area (Å²) in [5.74, 6) is 1.64. The number of methoxy groups -OCH3 is 1. The minimum atomic E-state index is -0.100. The molecule has 6 heteroatoms. The Kier molecular flexibility index (Phi) is 5.47. The van der Waals surface area contributed by atoms with Crippen molar-refractivity contribution in [3.63, 3.8) is 0 Å². The summed E-state index contributed by atoms with van der Waals surface area (Å²) >= 11 is 1.73. The molecule has 2 aromatic heterocycles. The average molecular weight is 320 g/mol. The molecule has 0 bridgehead atoms. The van der Waals surface area contributed by atoms with Crippen molar-refractivity contribution in [1.29, 1.82) is 0 Å². The molecule has 0 atom stereocenters. The first-order valence-electron chi connectivity index (χ1n) is 7.47. The minimum absolute atomic E-state index is 0.100. The summed E-state index contributed by atoms with van der Waals surface area (Å²) in [5, 5.41) is 4.42. The molecule has 0 unspecified atom stereocenters. The van der Waals surface area contributed by atoms with Crippen LogP contribution < -0.4 is 5.32 Å². The number of nitrogens with zero attached hydrogens (tertiary/aromatic N) is 3. The topological polar surface area (TPSA) is 59.9 Å². The molecule has 0 fully saturated rings. The zero-order chi connectivity index (χ0) is 16.2. The second-order valence-electron chi connectivity index (χ2n) is 6.18. The predicted octanol–water partition coefficient (Wildman–Crippen LogP) is 3.55. The number of rotatable bonds is 6. The smallest absolute Gasteiger partial charge is 0.136 e. The van der Waals surface area contributed by atoms with Gasteiger partial charge in [-0.15, -0.1) is 11.3 Å². The van der Waals surface area contributed by atoms with Crippen LogP contribution in [0.15, 0.2) is 12.3 Å². The van der Waals surface area contributed by atoms with Crippen LogP contribution in [0, 0.1) is 0 Å². The molecule has 22 heavy (non-hydrogen) atoms. The van der Waals surface area contributed by atoms with Gasteiger partial charge in [-0.25, -0.2) is 15.0 Å². The Morgan fingerprint density at radius 2 is 2.05 bits per heavy atom. The maximum Gasteiger partial charge on any atom is 0.136 e. The molecule has 0 saturated carbocycles. The van der Waals surface area contributed by atoms with Gasteiger partial charge in [0.1, 0.15) is 16.6 Å². The standard InChI is InChI=1S/C16H24N4OS/c1-6-12-8-18-14(22-12)9-17-13-7-11(10-21-5)19-15(20-13)16(2,3)4/h7-8H,6,9-10H2,1-5H3,(H,17,19,20). The van der Waals surface area contributed by atoms with Crippen molar-refractivity contribution >= 4 is 17.2 Å². The van der Waals surface area contributed by atoms with E-state index in [-0.39, 0.29) is 5.41 Å². The molecule has 0 spiro atoms. The van der Waals surface area contributed by atoms with Crippen molar-refractivity contribution in [2.24, 2.45) is 0 Å². The highest BCUT2D eigenvalue weighted by Gasteiger charge is 2.19. The van der Waals surface area contributed by atoms with E-state index in [0.29, 0.717) is 13.2 Å². The van der Waals surface area contributed by atoms with Gasteiger partial charge in [-0.2, -0.15) is 0 Å². The van der Waals surface area contributed by atoms with Crippen molar-refractivity contribution in [1.82, 2.24) is 15.0 Å². The number of thiazole rings is 1. The van der Waals surface area contributed by atoms with Crippen LogP contribution in [-0.4, -0.2) is 22.1 Å². The van der Waals surface area contributed by atoms with Gasteiger partial charge >= 0.3 is 0 Å². The Morgan fingerprint density at radius 1 is 1.27 bits per heavy atom. The second-order valence-corrected chi connectivity index (χ2v) is 7.38. The quantitative estimate of drug-likeness (QED) is 0.882. The van der Waals surface area contributed by atoms with E-state index in [4.69, 9.17) is 4.74 Å². The lowest BCUT2D eigenvalue weighted by molar-refractivity contribution is 0.181. The third kappa shape index (κ3) is 4.48. The summed E-state index contributed by atoms with van der Waals surface area (Å²) in [6, 6.07) is 1.94. The monoisotopic (exact) mass is 320 g/mol. The second kappa shape index (κ2) is 7.15. The zero-order valence-electron chi connectivity index (χ0n) is 13.9. The summed E-state index contributed by atoms with van der Waals surface area (Å²) in [6.07, 6.45) is 2.97. The molecular weight excluding hydrogens is 296 g/mol. The van der Waals surface area contributed by atoms with Gasteiger partial charge in [0.2, 0.25) is 0 Å². The number of anilines is 1. The molecule has 5 nitrogen and oxygen atoms in total. The average Bonchev–Trinajstić information content (AvgIpc) is 2.92. The fourth-order valence-electron chi connectivity index (χ4n) is 1.90. The van der Waals surface area contributed by atoms with E-state index in [1.807, 2.05) is 12.3 Å².